The van der Waals surface area contributed by atoms with E-state index in [0.29, 0.717) is 25.0 Å². The van der Waals surface area contributed by atoms with E-state index in [4.69, 9.17) is 5.11 Å². The number of carboxylic acids is 1. The van der Waals surface area contributed by atoms with Crippen molar-refractivity contribution in [2.45, 2.75) is 37.1 Å². The molecule has 0 spiro atoms. The van der Waals surface area contributed by atoms with Gasteiger partial charge in [-0.05, 0) is 18.6 Å². The molecule has 0 fully saturated rings. The molecule has 118 valence electrons. The summed E-state index contributed by atoms with van der Waals surface area (Å²) in [6.45, 7) is 1.78. The molecule has 0 saturated heterocycles. The van der Waals surface area contributed by atoms with Gasteiger partial charge in [0.2, 0.25) is 10.0 Å². The van der Waals surface area contributed by atoms with Crippen LogP contribution in [-0.2, 0) is 14.8 Å². The molecule has 0 aromatic heterocycles. The van der Waals surface area contributed by atoms with E-state index in [1.54, 1.807) is 11.6 Å². The second-order valence-electron chi connectivity index (χ2n) is 4.33. The minimum atomic E-state index is -4.62. The third kappa shape index (κ3) is 4.18. The molecular formula is C12H14F3NO4S. The summed E-state index contributed by atoms with van der Waals surface area (Å²) in [4.78, 5) is 9.83. The molecule has 1 rings (SSSR count). The highest BCUT2D eigenvalue weighted by Gasteiger charge is 2.29. The predicted molar refractivity (Wildman–Crippen MR) is 67.6 cm³/mol. The molecule has 1 aromatic rings. The zero-order valence-corrected chi connectivity index (χ0v) is 11.9. The SMILES string of the molecule is CCCC[C@H](NS(=O)(=O)c1ccc(F)c(F)c1F)C(=O)O. The van der Waals surface area contributed by atoms with Crippen molar-refractivity contribution in [2.75, 3.05) is 0 Å². The van der Waals surface area contributed by atoms with Crippen LogP contribution in [0.1, 0.15) is 26.2 Å². The van der Waals surface area contributed by atoms with Crippen molar-refractivity contribution < 1.29 is 31.5 Å². The summed E-state index contributed by atoms with van der Waals surface area (Å²) in [7, 11) is -4.62. The molecular weight excluding hydrogens is 311 g/mol. The van der Waals surface area contributed by atoms with E-state index >= 15 is 0 Å². The van der Waals surface area contributed by atoms with Crippen LogP contribution in [0.25, 0.3) is 0 Å². The first-order valence-electron chi connectivity index (χ1n) is 6.09. The highest BCUT2D eigenvalue weighted by molar-refractivity contribution is 7.89. The van der Waals surface area contributed by atoms with Gasteiger partial charge in [-0.2, -0.15) is 4.72 Å². The van der Waals surface area contributed by atoms with Crippen molar-refractivity contribution in [2.24, 2.45) is 0 Å². The summed E-state index contributed by atoms with van der Waals surface area (Å²) in [6, 6.07) is -0.480. The van der Waals surface area contributed by atoms with Gasteiger partial charge in [0.1, 0.15) is 10.9 Å². The fraction of sp³-hybridized carbons (Fsp3) is 0.417. The molecule has 0 radical (unpaired) electrons. The van der Waals surface area contributed by atoms with Crippen LogP contribution in [0.2, 0.25) is 0 Å². The second-order valence-corrected chi connectivity index (χ2v) is 6.01. The van der Waals surface area contributed by atoms with Crippen LogP contribution in [0.15, 0.2) is 17.0 Å². The van der Waals surface area contributed by atoms with Crippen LogP contribution in [0, 0.1) is 17.5 Å². The van der Waals surface area contributed by atoms with Crippen molar-refractivity contribution in [3.63, 3.8) is 0 Å². The van der Waals surface area contributed by atoms with Crippen LogP contribution in [0.3, 0.4) is 0 Å². The topological polar surface area (TPSA) is 83.5 Å². The van der Waals surface area contributed by atoms with Gasteiger partial charge in [-0.1, -0.05) is 19.8 Å². The maximum Gasteiger partial charge on any atom is 0.321 e. The molecule has 2 N–H and O–H groups in total. The highest BCUT2D eigenvalue weighted by Crippen LogP contribution is 2.20. The fourth-order valence-electron chi connectivity index (χ4n) is 1.61. The van der Waals surface area contributed by atoms with E-state index < -0.39 is 44.4 Å². The van der Waals surface area contributed by atoms with Gasteiger partial charge in [0.15, 0.2) is 17.5 Å². The van der Waals surface area contributed by atoms with Crippen molar-refractivity contribution >= 4 is 16.0 Å². The van der Waals surface area contributed by atoms with Gasteiger partial charge in [-0.3, -0.25) is 4.79 Å². The maximum atomic E-state index is 13.5. The lowest BCUT2D eigenvalue weighted by Gasteiger charge is -2.15. The van der Waals surface area contributed by atoms with E-state index in [1.807, 2.05) is 0 Å². The molecule has 21 heavy (non-hydrogen) atoms. The Morgan fingerprint density at radius 3 is 2.43 bits per heavy atom. The van der Waals surface area contributed by atoms with Crippen LogP contribution in [-0.4, -0.2) is 25.5 Å². The number of nitrogens with one attached hydrogen (secondary N) is 1. The first-order valence-corrected chi connectivity index (χ1v) is 7.57. The van der Waals surface area contributed by atoms with Crippen molar-refractivity contribution in [1.29, 1.82) is 0 Å². The number of halogens is 3. The number of carboxylic acid groups (broad SMARTS) is 1. The highest BCUT2D eigenvalue weighted by atomic mass is 32.2. The summed E-state index contributed by atoms with van der Waals surface area (Å²) >= 11 is 0. The maximum absolute atomic E-state index is 13.5. The van der Waals surface area contributed by atoms with E-state index in [2.05, 4.69) is 0 Å². The molecule has 0 heterocycles. The Kier molecular flexibility index (Phi) is 5.73. The Balaban J connectivity index is 3.11. The Morgan fingerprint density at radius 1 is 1.29 bits per heavy atom. The Bertz CT molecular complexity index is 634. The van der Waals surface area contributed by atoms with Crippen LogP contribution < -0.4 is 4.72 Å². The monoisotopic (exact) mass is 325 g/mol. The number of hydrogen-bond acceptors (Lipinski definition) is 3. The smallest absolute Gasteiger partial charge is 0.321 e. The molecule has 0 unspecified atom stereocenters. The third-order valence-corrected chi connectivity index (χ3v) is 4.22. The summed E-state index contributed by atoms with van der Waals surface area (Å²) in [5.74, 6) is -6.79. The van der Waals surface area contributed by atoms with E-state index in [9.17, 15) is 26.4 Å². The summed E-state index contributed by atoms with van der Waals surface area (Å²) in [5.41, 5.74) is 0. The Hall–Kier alpha value is -1.61. The molecule has 1 aromatic carbocycles. The van der Waals surface area contributed by atoms with Gasteiger partial charge in [0.05, 0.1) is 0 Å². The van der Waals surface area contributed by atoms with E-state index in [1.165, 1.54) is 0 Å². The molecule has 0 aliphatic heterocycles. The lowest BCUT2D eigenvalue weighted by atomic mass is 10.1. The molecule has 0 saturated carbocycles. The molecule has 0 aliphatic carbocycles. The summed E-state index contributed by atoms with van der Waals surface area (Å²) in [6.07, 6.45) is 1.06. The first-order chi connectivity index (χ1) is 9.70. The number of unbranched alkanes of at least 4 members (excludes halogenated alkanes) is 1. The number of rotatable bonds is 7. The summed E-state index contributed by atoms with van der Waals surface area (Å²) in [5, 5.41) is 8.92. The number of aliphatic carboxylic acids is 1. The lowest BCUT2D eigenvalue weighted by Crippen LogP contribution is -2.41. The average molecular weight is 325 g/mol. The predicted octanol–water partition coefficient (Wildman–Crippen LogP) is 2.03. The zero-order valence-electron chi connectivity index (χ0n) is 11.1. The Morgan fingerprint density at radius 2 is 1.90 bits per heavy atom. The van der Waals surface area contributed by atoms with Crippen molar-refractivity contribution in [1.82, 2.24) is 4.72 Å². The number of carbonyl (C=O) groups is 1. The number of hydrogen-bond donors (Lipinski definition) is 2. The van der Waals surface area contributed by atoms with Gasteiger partial charge in [-0.15, -0.1) is 0 Å². The van der Waals surface area contributed by atoms with Crippen LogP contribution in [0.5, 0.6) is 0 Å². The molecule has 5 nitrogen and oxygen atoms in total. The Labute approximate surface area is 119 Å². The minimum absolute atomic E-state index is 0.00361. The normalized spacial score (nSPS) is 13.1. The zero-order chi connectivity index (χ0) is 16.2. The quantitative estimate of drug-likeness (QED) is 0.751. The molecule has 1 atom stereocenters. The van der Waals surface area contributed by atoms with E-state index in [0.717, 1.165) is 0 Å². The number of sulfonamides is 1. The van der Waals surface area contributed by atoms with Crippen molar-refractivity contribution in [3.8, 4) is 0 Å². The van der Waals surface area contributed by atoms with E-state index in [-0.39, 0.29) is 6.42 Å². The molecule has 0 aliphatic rings. The van der Waals surface area contributed by atoms with Crippen molar-refractivity contribution in [3.05, 3.63) is 29.6 Å². The van der Waals surface area contributed by atoms with Gasteiger partial charge in [-0.25, -0.2) is 21.6 Å². The van der Waals surface area contributed by atoms with Gasteiger partial charge >= 0.3 is 5.97 Å². The van der Waals surface area contributed by atoms with Gasteiger partial charge in [0, 0.05) is 0 Å². The van der Waals surface area contributed by atoms with Gasteiger partial charge < -0.3 is 5.11 Å². The second kappa shape index (κ2) is 6.90. The molecule has 0 amide bonds. The third-order valence-electron chi connectivity index (χ3n) is 2.73. The van der Waals surface area contributed by atoms with Gasteiger partial charge in [0.25, 0.3) is 0 Å². The average Bonchev–Trinajstić information content (AvgIpc) is 2.40. The largest absolute Gasteiger partial charge is 0.480 e. The fourth-order valence-corrected chi connectivity index (χ4v) is 2.90. The molecule has 0 bridgehead atoms. The van der Waals surface area contributed by atoms with Crippen LogP contribution >= 0.6 is 0 Å². The standard InChI is InChI=1S/C12H14F3NO4S/c1-2-3-4-8(12(17)18)16-21(19,20)9-6-5-7(13)10(14)11(9)15/h5-6,8,16H,2-4H2,1H3,(H,17,18)/t8-/m0/s1. The number of benzene rings is 1. The minimum Gasteiger partial charge on any atom is -0.480 e. The summed E-state index contributed by atoms with van der Waals surface area (Å²) < 4.78 is 64.9. The first kappa shape index (κ1) is 17.4. The molecule has 9 heteroatoms. The van der Waals surface area contributed by atoms with Crippen LogP contribution in [0.4, 0.5) is 13.2 Å². The lowest BCUT2D eigenvalue weighted by molar-refractivity contribution is -0.139.